The molecule has 1 nitrogen and oxygen atoms in total. The van der Waals surface area contributed by atoms with E-state index in [1.165, 1.54) is 0 Å². The summed E-state index contributed by atoms with van der Waals surface area (Å²) < 4.78 is 0. The number of carbonyl (C=O) groups is 1. The molecule has 0 aromatic rings. The molecule has 2 rings (SSSR count). The van der Waals surface area contributed by atoms with Crippen LogP contribution in [0.1, 0.15) is 26.2 Å². The molecule has 9 heavy (non-hydrogen) atoms. The van der Waals surface area contributed by atoms with Crippen molar-refractivity contribution in [3.63, 3.8) is 0 Å². The minimum atomic E-state index is 0.0856. The molecule has 2 aliphatic rings. The summed E-state index contributed by atoms with van der Waals surface area (Å²) in [5.41, 5.74) is 1.16. The molecule has 0 amide bonds. The number of carbonyl (C=O) groups excluding carboxylic acids is 1. The third-order valence-electron chi connectivity index (χ3n) is 2.25. The second-order valence-electron chi connectivity index (χ2n) is 3.32. The molecule has 0 aromatic carbocycles. The van der Waals surface area contributed by atoms with Crippen molar-refractivity contribution in [1.82, 2.24) is 0 Å². The Balaban J connectivity index is 2.12. The zero-order chi connectivity index (χ0) is 6.48. The van der Waals surface area contributed by atoms with Gasteiger partial charge in [-0.25, -0.2) is 0 Å². The van der Waals surface area contributed by atoms with E-state index in [1.807, 2.05) is 6.08 Å². The average molecular weight is 122 g/mol. The van der Waals surface area contributed by atoms with Gasteiger partial charge in [0, 0.05) is 5.41 Å². The van der Waals surface area contributed by atoms with Crippen LogP contribution < -0.4 is 0 Å². The van der Waals surface area contributed by atoms with E-state index in [0.717, 1.165) is 24.8 Å². The van der Waals surface area contributed by atoms with Gasteiger partial charge in [-0.3, -0.25) is 4.79 Å². The van der Waals surface area contributed by atoms with E-state index < -0.39 is 0 Å². The monoisotopic (exact) mass is 122 g/mol. The Morgan fingerprint density at radius 1 is 1.67 bits per heavy atom. The highest BCUT2D eigenvalue weighted by atomic mass is 16.1. The van der Waals surface area contributed by atoms with Crippen LogP contribution in [0.3, 0.4) is 0 Å². The van der Waals surface area contributed by atoms with Crippen molar-refractivity contribution < 1.29 is 4.79 Å². The van der Waals surface area contributed by atoms with Crippen molar-refractivity contribution in [2.75, 3.05) is 0 Å². The summed E-state index contributed by atoms with van der Waals surface area (Å²) in [5.74, 6) is 0.419. The molecule has 0 atom stereocenters. The Morgan fingerprint density at radius 3 is 2.56 bits per heavy atom. The molecule has 0 heterocycles. The van der Waals surface area contributed by atoms with Gasteiger partial charge >= 0.3 is 0 Å². The standard InChI is InChI=1S/C8H10O/c1-8(4-5-8)7(9)6-2-3-6/h2H,3-5H2,1H3. The van der Waals surface area contributed by atoms with E-state index in [-0.39, 0.29) is 5.41 Å². The number of allylic oxidation sites excluding steroid dienone is 2. The van der Waals surface area contributed by atoms with Gasteiger partial charge in [0.05, 0.1) is 0 Å². The molecule has 0 bridgehead atoms. The molecule has 0 unspecified atom stereocenters. The largest absolute Gasteiger partial charge is 0.294 e. The lowest BCUT2D eigenvalue weighted by molar-refractivity contribution is -0.119. The molecule has 0 N–H and O–H groups in total. The smallest absolute Gasteiger partial charge is 0.164 e. The molecule has 0 aromatic heterocycles. The summed E-state index contributed by atoms with van der Waals surface area (Å²) in [5, 5.41) is 0. The molecule has 0 aliphatic heterocycles. The van der Waals surface area contributed by atoms with Gasteiger partial charge in [-0.1, -0.05) is 13.0 Å². The summed E-state index contributed by atoms with van der Waals surface area (Å²) in [7, 11) is 0. The first-order chi connectivity index (χ1) is 4.22. The number of rotatable bonds is 2. The van der Waals surface area contributed by atoms with Crippen LogP contribution in [0.4, 0.5) is 0 Å². The van der Waals surface area contributed by atoms with E-state index in [0.29, 0.717) is 5.78 Å². The third kappa shape index (κ3) is 0.716. The predicted molar refractivity (Wildman–Crippen MR) is 35.0 cm³/mol. The molecular formula is C8H10O. The molecule has 2 aliphatic carbocycles. The molecule has 1 heteroatoms. The molecule has 1 saturated carbocycles. The highest BCUT2D eigenvalue weighted by Gasteiger charge is 2.46. The van der Waals surface area contributed by atoms with E-state index in [1.54, 1.807) is 0 Å². The van der Waals surface area contributed by atoms with Crippen molar-refractivity contribution >= 4 is 5.78 Å². The van der Waals surface area contributed by atoms with Gasteiger partial charge in [-0.05, 0) is 24.8 Å². The summed E-state index contributed by atoms with van der Waals surface area (Å²) in [6.45, 7) is 2.06. The lowest BCUT2D eigenvalue weighted by atomic mass is 10.0. The van der Waals surface area contributed by atoms with Crippen LogP contribution in [-0.4, -0.2) is 5.78 Å². The van der Waals surface area contributed by atoms with E-state index >= 15 is 0 Å². The minimum Gasteiger partial charge on any atom is -0.294 e. The minimum absolute atomic E-state index is 0.0856. The maximum Gasteiger partial charge on any atom is 0.164 e. The highest BCUT2D eigenvalue weighted by Crippen LogP contribution is 2.49. The summed E-state index contributed by atoms with van der Waals surface area (Å²) in [6, 6.07) is 0. The molecule has 0 saturated heterocycles. The van der Waals surface area contributed by atoms with Crippen LogP contribution in [0.5, 0.6) is 0 Å². The molecule has 0 radical (unpaired) electrons. The first kappa shape index (κ1) is 5.21. The first-order valence-corrected chi connectivity index (χ1v) is 3.46. The Bertz CT molecular complexity index is 197. The number of Topliss-reactive ketones (excluding diaryl/α,β-unsaturated/α-hetero) is 1. The molecule has 48 valence electrons. The Hall–Kier alpha value is -0.590. The maximum absolute atomic E-state index is 11.2. The highest BCUT2D eigenvalue weighted by molar-refractivity contribution is 6.04. The summed E-state index contributed by atoms with van der Waals surface area (Å²) >= 11 is 0. The molecular weight excluding hydrogens is 112 g/mol. The fraction of sp³-hybridized carbons (Fsp3) is 0.625. The Labute approximate surface area is 54.8 Å². The maximum atomic E-state index is 11.2. The van der Waals surface area contributed by atoms with Crippen LogP contribution in [0, 0.1) is 5.41 Å². The van der Waals surface area contributed by atoms with E-state index in [4.69, 9.17) is 0 Å². The van der Waals surface area contributed by atoms with Crippen molar-refractivity contribution in [2.24, 2.45) is 5.41 Å². The van der Waals surface area contributed by atoms with Gasteiger partial charge in [-0.2, -0.15) is 0 Å². The van der Waals surface area contributed by atoms with Crippen molar-refractivity contribution in [3.05, 3.63) is 11.6 Å². The fourth-order valence-corrected chi connectivity index (χ4v) is 1.04. The number of hydrogen-bond donors (Lipinski definition) is 0. The fourth-order valence-electron chi connectivity index (χ4n) is 1.04. The Kier molecular flexibility index (Phi) is 0.743. The predicted octanol–water partition coefficient (Wildman–Crippen LogP) is 1.69. The topological polar surface area (TPSA) is 17.1 Å². The normalized spacial score (nSPS) is 27.0. The van der Waals surface area contributed by atoms with Gasteiger partial charge in [0.25, 0.3) is 0 Å². The van der Waals surface area contributed by atoms with Crippen LogP contribution in [-0.2, 0) is 4.79 Å². The quantitative estimate of drug-likeness (QED) is 0.544. The second kappa shape index (κ2) is 1.28. The van der Waals surface area contributed by atoms with Gasteiger partial charge in [0.1, 0.15) is 0 Å². The SMILES string of the molecule is CC1(C(=O)C2=CC2)CC1. The van der Waals surface area contributed by atoms with Crippen LogP contribution >= 0.6 is 0 Å². The second-order valence-corrected chi connectivity index (χ2v) is 3.32. The van der Waals surface area contributed by atoms with Gasteiger partial charge in [0.15, 0.2) is 5.78 Å². The average Bonchev–Trinajstić information content (AvgIpc) is 2.54. The lowest BCUT2D eigenvalue weighted by Crippen LogP contribution is -2.09. The van der Waals surface area contributed by atoms with Crippen LogP contribution in [0.2, 0.25) is 0 Å². The van der Waals surface area contributed by atoms with Crippen molar-refractivity contribution in [3.8, 4) is 0 Å². The zero-order valence-corrected chi connectivity index (χ0v) is 5.61. The van der Waals surface area contributed by atoms with E-state index in [9.17, 15) is 4.79 Å². The van der Waals surface area contributed by atoms with Crippen LogP contribution in [0.25, 0.3) is 0 Å². The van der Waals surface area contributed by atoms with Gasteiger partial charge < -0.3 is 0 Å². The van der Waals surface area contributed by atoms with Gasteiger partial charge in [0.2, 0.25) is 0 Å². The van der Waals surface area contributed by atoms with Crippen molar-refractivity contribution in [1.29, 1.82) is 0 Å². The van der Waals surface area contributed by atoms with Crippen LogP contribution in [0.15, 0.2) is 11.6 Å². The first-order valence-electron chi connectivity index (χ1n) is 3.46. The molecule has 0 spiro atoms. The zero-order valence-electron chi connectivity index (χ0n) is 5.61. The molecule has 1 fully saturated rings. The van der Waals surface area contributed by atoms with E-state index in [2.05, 4.69) is 6.92 Å². The lowest BCUT2D eigenvalue weighted by Gasteiger charge is -2.00. The summed E-state index contributed by atoms with van der Waals surface area (Å²) in [6.07, 6.45) is 5.21. The Morgan fingerprint density at radius 2 is 2.22 bits per heavy atom. The van der Waals surface area contributed by atoms with Gasteiger partial charge in [-0.15, -0.1) is 0 Å². The summed E-state index contributed by atoms with van der Waals surface area (Å²) in [4.78, 5) is 11.2. The number of ketones is 1. The third-order valence-corrected chi connectivity index (χ3v) is 2.25. The van der Waals surface area contributed by atoms with Crippen molar-refractivity contribution in [2.45, 2.75) is 26.2 Å². The number of hydrogen-bond acceptors (Lipinski definition) is 1.